The number of unbranched alkanes of at least 4 members (excludes halogenated alkanes) is 3. The molecule has 95 valence electrons. The summed E-state index contributed by atoms with van der Waals surface area (Å²) < 4.78 is 0. The van der Waals surface area contributed by atoms with Crippen molar-refractivity contribution in [1.29, 1.82) is 0 Å². The Labute approximate surface area is 102 Å². The normalized spacial score (nSPS) is 19.9. The summed E-state index contributed by atoms with van der Waals surface area (Å²) in [5, 5.41) is 5.08. The molecule has 0 atom stereocenters. The molecule has 1 radical (unpaired) electrons. The van der Waals surface area contributed by atoms with E-state index in [1.165, 1.54) is 70.6 Å². The van der Waals surface area contributed by atoms with Crippen molar-refractivity contribution in [3.8, 4) is 0 Å². The first kappa shape index (κ1) is 14.0. The van der Waals surface area contributed by atoms with E-state index < -0.39 is 0 Å². The molecule has 0 bridgehead atoms. The van der Waals surface area contributed by atoms with E-state index >= 15 is 0 Å². The molecule has 0 aromatic heterocycles. The molecular weight excluding hydrogens is 194 g/mol. The average Bonchev–Trinajstić information content (AvgIpc) is 2.30. The van der Waals surface area contributed by atoms with Crippen LogP contribution in [-0.2, 0) is 0 Å². The topological polar surface area (TPSA) is 14.1 Å². The maximum absolute atomic E-state index is 5.08. The van der Waals surface area contributed by atoms with Crippen molar-refractivity contribution in [3.05, 3.63) is 0 Å². The van der Waals surface area contributed by atoms with E-state index in [0.717, 1.165) is 6.54 Å². The lowest BCUT2D eigenvalue weighted by Gasteiger charge is -2.37. The minimum Gasteiger partial charge on any atom is -0.235 e. The van der Waals surface area contributed by atoms with Crippen molar-refractivity contribution >= 4 is 0 Å². The Morgan fingerprint density at radius 1 is 0.875 bits per heavy atom. The zero-order valence-corrected chi connectivity index (χ0v) is 11.4. The minimum absolute atomic E-state index is 0.402. The van der Waals surface area contributed by atoms with Gasteiger partial charge in [0.25, 0.3) is 0 Å². The Hall–Kier alpha value is -0.0400. The van der Waals surface area contributed by atoms with E-state index in [2.05, 4.69) is 13.8 Å². The molecule has 1 rings (SSSR count). The highest BCUT2D eigenvalue weighted by atomic mass is 15.0. The van der Waals surface area contributed by atoms with E-state index in [1.54, 1.807) is 0 Å². The van der Waals surface area contributed by atoms with Crippen LogP contribution in [0, 0.1) is 0 Å². The summed E-state index contributed by atoms with van der Waals surface area (Å²) in [7, 11) is 0. The Kier molecular flexibility index (Phi) is 7.11. The van der Waals surface area contributed by atoms with Crippen molar-refractivity contribution in [3.63, 3.8) is 0 Å². The summed E-state index contributed by atoms with van der Waals surface area (Å²) in [6.45, 7) is 5.71. The Morgan fingerprint density at radius 3 is 2.25 bits per heavy atom. The van der Waals surface area contributed by atoms with Gasteiger partial charge < -0.3 is 0 Å². The van der Waals surface area contributed by atoms with E-state index in [0.29, 0.717) is 5.54 Å². The maximum Gasteiger partial charge on any atom is 0.0356 e. The molecule has 0 aromatic carbocycles. The number of rotatable bonds is 8. The van der Waals surface area contributed by atoms with Gasteiger partial charge in [0.2, 0.25) is 0 Å². The van der Waals surface area contributed by atoms with Crippen LogP contribution in [0.2, 0.25) is 0 Å². The van der Waals surface area contributed by atoms with E-state index in [1.807, 2.05) is 0 Å². The molecule has 16 heavy (non-hydrogen) atoms. The quantitative estimate of drug-likeness (QED) is 0.532. The van der Waals surface area contributed by atoms with Gasteiger partial charge in [-0.2, -0.15) is 0 Å². The van der Waals surface area contributed by atoms with Crippen molar-refractivity contribution < 1.29 is 0 Å². The van der Waals surface area contributed by atoms with Gasteiger partial charge in [-0.3, -0.25) is 0 Å². The zero-order chi connectivity index (χ0) is 11.7. The van der Waals surface area contributed by atoms with Crippen molar-refractivity contribution in [2.24, 2.45) is 0 Å². The van der Waals surface area contributed by atoms with Crippen LogP contribution >= 0.6 is 0 Å². The molecule has 0 aliphatic heterocycles. The number of nitrogens with zero attached hydrogens (tertiary/aromatic N) is 1. The largest absolute Gasteiger partial charge is 0.235 e. The van der Waals surface area contributed by atoms with Crippen molar-refractivity contribution in [1.82, 2.24) is 5.32 Å². The standard InChI is InChI=1S/C15H30N/c1-3-5-6-10-14-16-15(11-4-2)12-8-7-9-13-15/h3-14H2,1-2H3. The molecule has 1 nitrogen and oxygen atoms in total. The molecule has 0 saturated heterocycles. The molecule has 1 heteroatoms. The number of hydrogen-bond acceptors (Lipinski definition) is 0. The summed E-state index contributed by atoms with van der Waals surface area (Å²) >= 11 is 0. The van der Waals surface area contributed by atoms with Crippen LogP contribution in [-0.4, -0.2) is 12.1 Å². The lowest BCUT2D eigenvalue weighted by molar-refractivity contribution is 0.207. The zero-order valence-electron chi connectivity index (χ0n) is 11.4. The highest BCUT2D eigenvalue weighted by molar-refractivity contribution is 4.89. The fraction of sp³-hybridized carbons (Fsp3) is 1.00. The van der Waals surface area contributed by atoms with Gasteiger partial charge in [-0.1, -0.05) is 58.8 Å². The second kappa shape index (κ2) is 8.11. The van der Waals surface area contributed by atoms with E-state index in [9.17, 15) is 0 Å². The van der Waals surface area contributed by atoms with Gasteiger partial charge in [-0.25, -0.2) is 5.32 Å². The summed E-state index contributed by atoms with van der Waals surface area (Å²) in [5.74, 6) is 0. The monoisotopic (exact) mass is 224 g/mol. The van der Waals surface area contributed by atoms with Crippen molar-refractivity contribution in [2.75, 3.05) is 6.54 Å². The molecule has 0 spiro atoms. The van der Waals surface area contributed by atoms with Crippen LogP contribution < -0.4 is 5.32 Å². The Bertz CT molecular complexity index is 153. The molecule has 1 aliphatic carbocycles. The maximum atomic E-state index is 5.08. The van der Waals surface area contributed by atoms with E-state index in [-0.39, 0.29) is 0 Å². The molecule has 0 aromatic rings. The molecule has 0 amide bonds. The lowest BCUT2D eigenvalue weighted by atomic mass is 9.78. The third-order valence-electron chi connectivity index (χ3n) is 3.96. The van der Waals surface area contributed by atoms with Crippen LogP contribution in [0.4, 0.5) is 0 Å². The third kappa shape index (κ3) is 4.86. The highest BCUT2D eigenvalue weighted by Gasteiger charge is 2.31. The van der Waals surface area contributed by atoms with Gasteiger partial charge in [-0.15, -0.1) is 0 Å². The smallest absolute Gasteiger partial charge is 0.0356 e. The summed E-state index contributed by atoms with van der Waals surface area (Å²) in [4.78, 5) is 0. The van der Waals surface area contributed by atoms with Crippen LogP contribution in [0.5, 0.6) is 0 Å². The van der Waals surface area contributed by atoms with Gasteiger partial charge in [0.05, 0.1) is 0 Å². The molecule has 0 N–H and O–H groups in total. The summed E-state index contributed by atoms with van der Waals surface area (Å²) in [6, 6.07) is 0. The molecule has 1 fully saturated rings. The first-order valence-corrected chi connectivity index (χ1v) is 7.51. The molecule has 1 aliphatic rings. The summed E-state index contributed by atoms with van der Waals surface area (Å²) in [6.07, 6.45) is 15.1. The van der Waals surface area contributed by atoms with Crippen LogP contribution in [0.3, 0.4) is 0 Å². The van der Waals surface area contributed by atoms with Gasteiger partial charge in [-0.05, 0) is 25.7 Å². The Balaban J connectivity index is 2.21. The molecule has 0 unspecified atom stereocenters. The van der Waals surface area contributed by atoms with Crippen LogP contribution in [0.15, 0.2) is 0 Å². The molecular formula is C15H30N. The highest BCUT2D eigenvalue weighted by Crippen LogP contribution is 2.33. The first-order valence-electron chi connectivity index (χ1n) is 7.51. The third-order valence-corrected chi connectivity index (χ3v) is 3.96. The van der Waals surface area contributed by atoms with Crippen molar-refractivity contribution in [2.45, 2.75) is 90.0 Å². The number of hydrogen-bond donors (Lipinski definition) is 0. The second-order valence-corrected chi connectivity index (χ2v) is 5.48. The Morgan fingerprint density at radius 2 is 1.62 bits per heavy atom. The van der Waals surface area contributed by atoms with Gasteiger partial charge in [0.1, 0.15) is 0 Å². The van der Waals surface area contributed by atoms with Crippen LogP contribution in [0.1, 0.15) is 84.5 Å². The predicted octanol–water partition coefficient (Wildman–Crippen LogP) is 4.67. The van der Waals surface area contributed by atoms with Crippen LogP contribution in [0.25, 0.3) is 0 Å². The molecule has 0 heterocycles. The average molecular weight is 224 g/mol. The predicted molar refractivity (Wildman–Crippen MR) is 71.9 cm³/mol. The SMILES string of the molecule is CCCCCC[N]C1(CCC)CCCCC1. The first-order chi connectivity index (χ1) is 7.83. The van der Waals surface area contributed by atoms with Gasteiger partial charge in [0, 0.05) is 12.1 Å². The summed E-state index contributed by atoms with van der Waals surface area (Å²) in [5.41, 5.74) is 0.402. The molecule has 1 saturated carbocycles. The van der Waals surface area contributed by atoms with Gasteiger partial charge in [0.15, 0.2) is 0 Å². The minimum atomic E-state index is 0.402. The van der Waals surface area contributed by atoms with Gasteiger partial charge >= 0.3 is 0 Å². The fourth-order valence-electron chi connectivity index (χ4n) is 3.02. The fourth-order valence-corrected chi connectivity index (χ4v) is 3.02. The second-order valence-electron chi connectivity index (χ2n) is 5.48. The van der Waals surface area contributed by atoms with E-state index in [4.69, 9.17) is 5.32 Å². The lowest BCUT2D eigenvalue weighted by Crippen LogP contribution is -2.42.